The molecule has 0 amide bonds. The van der Waals surface area contributed by atoms with Gasteiger partial charge in [0.05, 0.1) is 13.0 Å². The van der Waals surface area contributed by atoms with Crippen molar-refractivity contribution in [2.24, 2.45) is 34.5 Å². The maximum absolute atomic E-state index is 12.3. The molecule has 3 nitrogen and oxygen atoms in total. The Morgan fingerprint density at radius 2 is 1.88 bits per heavy atom. The van der Waals surface area contributed by atoms with Crippen molar-refractivity contribution in [3.63, 3.8) is 0 Å². The first-order valence-corrected chi connectivity index (χ1v) is 9.72. The largest absolute Gasteiger partial charge is 0.469 e. The Morgan fingerprint density at radius 1 is 1.08 bits per heavy atom. The van der Waals surface area contributed by atoms with Crippen molar-refractivity contribution in [1.82, 2.24) is 0 Å². The standard InChI is InChI=1S/C21H30O3/c1-20-10-8-14(22)12-13(20)4-5-15-16-6-7-18(19(23)24-3)21(16,2)11-9-17(15)20/h12,15-18H,4-11H2,1-3H3/t15-,16-,17-,18+,20+,21+/m1/s1. The van der Waals surface area contributed by atoms with E-state index >= 15 is 0 Å². The van der Waals surface area contributed by atoms with Crippen molar-refractivity contribution in [3.05, 3.63) is 11.6 Å². The highest BCUT2D eigenvalue weighted by Gasteiger charge is 2.60. The molecular formula is C21H30O3. The van der Waals surface area contributed by atoms with E-state index in [4.69, 9.17) is 4.74 Å². The topological polar surface area (TPSA) is 43.4 Å². The number of esters is 1. The molecule has 3 saturated carbocycles. The molecule has 4 aliphatic rings. The molecule has 24 heavy (non-hydrogen) atoms. The van der Waals surface area contributed by atoms with Crippen LogP contribution < -0.4 is 0 Å². The average molecular weight is 330 g/mol. The minimum Gasteiger partial charge on any atom is -0.469 e. The van der Waals surface area contributed by atoms with Crippen LogP contribution in [0.5, 0.6) is 0 Å². The number of rotatable bonds is 1. The lowest BCUT2D eigenvalue weighted by molar-refractivity contribution is -0.152. The third-order valence-corrected chi connectivity index (χ3v) is 8.45. The van der Waals surface area contributed by atoms with Gasteiger partial charge in [-0.25, -0.2) is 0 Å². The number of hydrogen-bond acceptors (Lipinski definition) is 3. The molecule has 0 aliphatic heterocycles. The quantitative estimate of drug-likeness (QED) is 0.673. The Bertz CT molecular complexity index is 606. The number of fused-ring (bicyclic) bond motifs is 5. The maximum Gasteiger partial charge on any atom is 0.309 e. The first-order chi connectivity index (χ1) is 11.4. The Balaban J connectivity index is 1.65. The lowest BCUT2D eigenvalue weighted by Gasteiger charge is -2.57. The van der Waals surface area contributed by atoms with Gasteiger partial charge in [-0.15, -0.1) is 0 Å². The van der Waals surface area contributed by atoms with E-state index < -0.39 is 0 Å². The second kappa shape index (κ2) is 5.44. The predicted octanol–water partition coefficient (Wildman–Crippen LogP) is 4.31. The molecule has 4 aliphatic carbocycles. The van der Waals surface area contributed by atoms with Crippen LogP contribution in [0.2, 0.25) is 0 Å². The van der Waals surface area contributed by atoms with E-state index in [0.717, 1.165) is 32.1 Å². The van der Waals surface area contributed by atoms with Crippen molar-refractivity contribution in [3.8, 4) is 0 Å². The van der Waals surface area contributed by atoms with Crippen LogP contribution in [-0.2, 0) is 14.3 Å². The fraction of sp³-hybridized carbons (Fsp3) is 0.810. The van der Waals surface area contributed by atoms with Crippen LogP contribution in [0.25, 0.3) is 0 Å². The van der Waals surface area contributed by atoms with E-state index in [1.165, 1.54) is 31.9 Å². The number of hydrogen-bond donors (Lipinski definition) is 0. The minimum absolute atomic E-state index is 0.00400. The van der Waals surface area contributed by atoms with Gasteiger partial charge in [0.1, 0.15) is 0 Å². The summed E-state index contributed by atoms with van der Waals surface area (Å²) in [5.41, 5.74) is 1.77. The molecule has 0 spiro atoms. The molecule has 3 heteroatoms. The Morgan fingerprint density at radius 3 is 2.62 bits per heavy atom. The summed E-state index contributed by atoms with van der Waals surface area (Å²) in [6, 6.07) is 0. The van der Waals surface area contributed by atoms with Gasteiger partial charge in [-0.2, -0.15) is 0 Å². The van der Waals surface area contributed by atoms with Gasteiger partial charge in [-0.1, -0.05) is 19.4 Å². The fourth-order valence-corrected chi connectivity index (χ4v) is 7.09. The maximum atomic E-state index is 12.3. The molecular weight excluding hydrogens is 300 g/mol. The minimum atomic E-state index is 0.00400. The molecule has 0 heterocycles. The lowest BCUT2D eigenvalue weighted by Crippen LogP contribution is -2.51. The lowest BCUT2D eigenvalue weighted by atomic mass is 9.47. The van der Waals surface area contributed by atoms with Crippen molar-refractivity contribution >= 4 is 11.8 Å². The second-order valence-electron chi connectivity index (χ2n) is 9.17. The highest BCUT2D eigenvalue weighted by Crippen LogP contribution is 2.66. The summed E-state index contributed by atoms with van der Waals surface area (Å²) in [5.74, 6) is 2.48. The van der Waals surface area contributed by atoms with Crippen LogP contribution in [0, 0.1) is 34.5 Å². The van der Waals surface area contributed by atoms with E-state index in [2.05, 4.69) is 13.8 Å². The molecule has 0 radical (unpaired) electrons. The normalized spacial score (nSPS) is 47.3. The zero-order chi connectivity index (χ0) is 17.1. The van der Waals surface area contributed by atoms with Crippen molar-refractivity contribution in [2.75, 3.05) is 7.11 Å². The van der Waals surface area contributed by atoms with Crippen LogP contribution in [0.15, 0.2) is 11.6 Å². The van der Waals surface area contributed by atoms with Crippen LogP contribution in [0.1, 0.15) is 65.2 Å². The van der Waals surface area contributed by atoms with E-state index in [9.17, 15) is 9.59 Å². The molecule has 6 atom stereocenters. The van der Waals surface area contributed by atoms with Gasteiger partial charge in [-0.3, -0.25) is 9.59 Å². The highest BCUT2D eigenvalue weighted by molar-refractivity contribution is 5.91. The SMILES string of the molecule is COC(=O)[C@@H]1CC[C@@H]2[C@H]3CCC4=CC(=O)CC[C@]4(C)[C@@H]3CC[C@@]21C. The summed E-state index contributed by atoms with van der Waals surface area (Å²) in [6.45, 7) is 4.76. The molecule has 132 valence electrons. The summed E-state index contributed by atoms with van der Waals surface area (Å²) in [4.78, 5) is 24.2. The van der Waals surface area contributed by atoms with Crippen LogP contribution in [0.3, 0.4) is 0 Å². The van der Waals surface area contributed by atoms with Gasteiger partial charge >= 0.3 is 5.97 Å². The molecule has 4 rings (SSSR count). The highest BCUT2D eigenvalue weighted by atomic mass is 16.5. The molecule has 0 aromatic carbocycles. The molecule has 3 fully saturated rings. The Hall–Kier alpha value is -1.12. The fourth-order valence-electron chi connectivity index (χ4n) is 7.09. The Labute approximate surface area is 145 Å². The summed E-state index contributed by atoms with van der Waals surface area (Å²) >= 11 is 0. The van der Waals surface area contributed by atoms with E-state index in [-0.39, 0.29) is 22.7 Å². The third kappa shape index (κ3) is 2.09. The number of ether oxygens (including phenoxy) is 1. The van der Waals surface area contributed by atoms with Gasteiger partial charge in [0.25, 0.3) is 0 Å². The number of allylic oxidation sites excluding steroid dienone is 1. The number of carbonyl (C=O) groups excluding carboxylic acids is 2. The van der Waals surface area contributed by atoms with Crippen molar-refractivity contribution in [1.29, 1.82) is 0 Å². The summed E-state index contributed by atoms with van der Waals surface area (Å²) < 4.78 is 5.12. The van der Waals surface area contributed by atoms with Crippen LogP contribution in [0.4, 0.5) is 0 Å². The zero-order valence-electron chi connectivity index (χ0n) is 15.3. The van der Waals surface area contributed by atoms with Gasteiger partial charge in [-0.05, 0) is 79.6 Å². The first-order valence-electron chi connectivity index (χ1n) is 9.72. The summed E-state index contributed by atoms with van der Waals surface area (Å²) in [6.07, 6.45) is 10.5. The molecule has 0 saturated heterocycles. The Kier molecular flexibility index (Phi) is 3.71. The van der Waals surface area contributed by atoms with E-state index in [1.807, 2.05) is 6.08 Å². The first kappa shape index (κ1) is 16.4. The van der Waals surface area contributed by atoms with E-state index in [1.54, 1.807) is 0 Å². The van der Waals surface area contributed by atoms with Gasteiger partial charge in [0.15, 0.2) is 5.78 Å². The molecule has 0 N–H and O–H groups in total. The molecule has 0 aromatic rings. The van der Waals surface area contributed by atoms with Gasteiger partial charge in [0.2, 0.25) is 0 Å². The number of methoxy groups -OCH3 is 1. The van der Waals surface area contributed by atoms with Crippen LogP contribution in [-0.4, -0.2) is 18.9 Å². The number of carbonyl (C=O) groups is 2. The van der Waals surface area contributed by atoms with Crippen molar-refractivity contribution < 1.29 is 14.3 Å². The van der Waals surface area contributed by atoms with Crippen molar-refractivity contribution in [2.45, 2.75) is 65.2 Å². The monoisotopic (exact) mass is 330 g/mol. The third-order valence-electron chi connectivity index (χ3n) is 8.45. The summed E-state index contributed by atoms with van der Waals surface area (Å²) in [5, 5.41) is 0. The zero-order valence-corrected chi connectivity index (χ0v) is 15.3. The molecule has 0 unspecified atom stereocenters. The smallest absolute Gasteiger partial charge is 0.309 e. The predicted molar refractivity (Wildman–Crippen MR) is 92.2 cm³/mol. The molecule has 0 aromatic heterocycles. The second-order valence-corrected chi connectivity index (χ2v) is 9.17. The van der Waals surface area contributed by atoms with Crippen LogP contribution >= 0.6 is 0 Å². The number of ketones is 1. The molecule has 0 bridgehead atoms. The average Bonchev–Trinajstić information content (AvgIpc) is 2.92. The van der Waals surface area contributed by atoms with Gasteiger partial charge in [0, 0.05) is 6.42 Å². The van der Waals surface area contributed by atoms with Gasteiger partial charge < -0.3 is 4.74 Å². The van der Waals surface area contributed by atoms with E-state index in [0.29, 0.717) is 23.5 Å². The summed E-state index contributed by atoms with van der Waals surface area (Å²) in [7, 11) is 1.53.